The Labute approximate surface area is 134 Å². The fourth-order valence-electron chi connectivity index (χ4n) is 1.99. The van der Waals surface area contributed by atoms with E-state index in [0.717, 1.165) is 0 Å². The highest BCUT2D eigenvalue weighted by molar-refractivity contribution is 9.10. The summed E-state index contributed by atoms with van der Waals surface area (Å²) in [5.74, 6) is -0.0264. The number of carbonyl (C=O) groups excluding carboxylic acids is 1. The monoisotopic (exact) mass is 365 g/mol. The van der Waals surface area contributed by atoms with Crippen LogP contribution in [0.4, 0.5) is 5.69 Å². The van der Waals surface area contributed by atoms with E-state index in [4.69, 9.17) is 9.47 Å². The molecule has 0 spiro atoms. The Morgan fingerprint density at radius 3 is 2.23 bits per heavy atom. The van der Waals surface area contributed by atoms with Gasteiger partial charge in [0.15, 0.2) is 11.5 Å². The molecular formula is C15H12BrNO5. The Bertz CT molecular complexity index is 745. The highest BCUT2D eigenvalue weighted by atomic mass is 79.9. The Hall–Kier alpha value is -2.41. The van der Waals surface area contributed by atoms with Crippen molar-refractivity contribution >= 4 is 27.4 Å². The van der Waals surface area contributed by atoms with Crippen LogP contribution in [0.2, 0.25) is 0 Å². The summed E-state index contributed by atoms with van der Waals surface area (Å²) in [7, 11) is 2.77. The number of benzene rings is 2. The van der Waals surface area contributed by atoms with Crippen LogP contribution in [0.3, 0.4) is 0 Å². The molecule has 0 amide bonds. The summed E-state index contributed by atoms with van der Waals surface area (Å²) in [5.41, 5.74) is -0.0641. The van der Waals surface area contributed by atoms with Gasteiger partial charge in [-0.15, -0.1) is 0 Å². The second kappa shape index (κ2) is 6.57. The van der Waals surface area contributed by atoms with Gasteiger partial charge in [0, 0.05) is 16.1 Å². The molecule has 0 unspecified atom stereocenters. The standard InChI is InChI=1S/C15H12BrNO5/c1-21-13-7-10(12(17(19)20)8-14(13)22-2)15(18)9-5-3-4-6-11(9)16/h3-8H,1-2H3. The van der Waals surface area contributed by atoms with E-state index in [-0.39, 0.29) is 22.7 Å². The number of methoxy groups -OCH3 is 2. The summed E-state index contributed by atoms with van der Waals surface area (Å²) < 4.78 is 10.7. The molecule has 0 radical (unpaired) electrons. The van der Waals surface area contributed by atoms with E-state index >= 15 is 0 Å². The quantitative estimate of drug-likeness (QED) is 0.459. The van der Waals surface area contributed by atoms with E-state index in [2.05, 4.69) is 15.9 Å². The van der Waals surface area contributed by atoms with E-state index in [0.29, 0.717) is 10.0 Å². The highest BCUT2D eigenvalue weighted by Crippen LogP contribution is 2.36. The second-order valence-electron chi connectivity index (χ2n) is 4.29. The lowest BCUT2D eigenvalue weighted by molar-refractivity contribution is -0.385. The predicted molar refractivity (Wildman–Crippen MR) is 83.8 cm³/mol. The van der Waals surface area contributed by atoms with Crippen LogP contribution in [0, 0.1) is 10.1 Å². The van der Waals surface area contributed by atoms with Gasteiger partial charge in [0.25, 0.3) is 5.69 Å². The van der Waals surface area contributed by atoms with Crippen LogP contribution in [-0.4, -0.2) is 24.9 Å². The van der Waals surface area contributed by atoms with Gasteiger partial charge >= 0.3 is 0 Å². The Morgan fingerprint density at radius 1 is 1.09 bits per heavy atom. The molecule has 22 heavy (non-hydrogen) atoms. The van der Waals surface area contributed by atoms with Gasteiger partial charge in [0.05, 0.1) is 25.2 Å². The van der Waals surface area contributed by atoms with Crippen LogP contribution in [0.25, 0.3) is 0 Å². The first-order chi connectivity index (χ1) is 10.5. The third kappa shape index (κ3) is 2.94. The molecule has 0 N–H and O–H groups in total. The molecule has 0 saturated heterocycles. The number of nitro benzene ring substituents is 1. The molecule has 7 heteroatoms. The van der Waals surface area contributed by atoms with E-state index in [1.165, 1.54) is 26.4 Å². The summed E-state index contributed by atoms with van der Waals surface area (Å²) in [6.07, 6.45) is 0. The van der Waals surface area contributed by atoms with Crippen molar-refractivity contribution in [1.82, 2.24) is 0 Å². The largest absolute Gasteiger partial charge is 0.493 e. The van der Waals surface area contributed by atoms with Crippen molar-refractivity contribution in [3.05, 3.63) is 62.1 Å². The summed E-state index contributed by atoms with van der Waals surface area (Å²) in [5, 5.41) is 11.3. The average molecular weight is 366 g/mol. The van der Waals surface area contributed by atoms with E-state index < -0.39 is 10.7 Å². The molecule has 0 saturated carbocycles. The first-order valence-corrected chi connectivity index (χ1v) is 6.98. The van der Waals surface area contributed by atoms with Crippen molar-refractivity contribution < 1.29 is 19.2 Å². The number of halogens is 1. The normalized spacial score (nSPS) is 10.1. The maximum Gasteiger partial charge on any atom is 0.284 e. The van der Waals surface area contributed by atoms with Crippen molar-refractivity contribution in [3.8, 4) is 11.5 Å². The van der Waals surface area contributed by atoms with Crippen LogP contribution in [0.5, 0.6) is 11.5 Å². The summed E-state index contributed by atoms with van der Waals surface area (Å²) >= 11 is 3.27. The van der Waals surface area contributed by atoms with Crippen molar-refractivity contribution in [3.63, 3.8) is 0 Å². The SMILES string of the molecule is COc1cc(C(=O)c2ccccc2Br)c([N+](=O)[O-])cc1OC. The molecule has 2 rings (SSSR count). The Balaban J connectivity index is 2.65. The van der Waals surface area contributed by atoms with Crippen LogP contribution in [0.1, 0.15) is 15.9 Å². The zero-order chi connectivity index (χ0) is 16.3. The summed E-state index contributed by atoms with van der Waals surface area (Å²) in [6.45, 7) is 0. The van der Waals surface area contributed by atoms with E-state index in [1.54, 1.807) is 24.3 Å². The number of hydrogen-bond donors (Lipinski definition) is 0. The lowest BCUT2D eigenvalue weighted by atomic mass is 10.0. The van der Waals surface area contributed by atoms with Gasteiger partial charge in [0.1, 0.15) is 5.56 Å². The maximum absolute atomic E-state index is 12.6. The fourth-order valence-corrected chi connectivity index (χ4v) is 2.46. The molecular weight excluding hydrogens is 354 g/mol. The molecule has 114 valence electrons. The molecule has 0 aliphatic carbocycles. The third-order valence-electron chi connectivity index (χ3n) is 3.06. The number of ketones is 1. The number of nitro groups is 1. The van der Waals surface area contributed by atoms with Gasteiger partial charge in [-0.3, -0.25) is 14.9 Å². The first kappa shape index (κ1) is 16.0. The second-order valence-corrected chi connectivity index (χ2v) is 5.14. The minimum absolute atomic E-state index is 0.0606. The highest BCUT2D eigenvalue weighted by Gasteiger charge is 2.26. The topological polar surface area (TPSA) is 78.7 Å². The molecule has 0 fully saturated rings. The molecule has 6 nitrogen and oxygen atoms in total. The number of nitrogens with zero attached hydrogens (tertiary/aromatic N) is 1. The molecule has 0 aliphatic rings. The first-order valence-electron chi connectivity index (χ1n) is 6.19. The summed E-state index contributed by atoms with van der Waals surface area (Å²) in [6, 6.07) is 9.22. The van der Waals surface area contributed by atoms with Gasteiger partial charge < -0.3 is 9.47 Å². The Kier molecular flexibility index (Phi) is 4.77. The zero-order valence-electron chi connectivity index (χ0n) is 11.8. The average Bonchev–Trinajstić information content (AvgIpc) is 2.53. The number of rotatable bonds is 5. The van der Waals surface area contributed by atoms with Gasteiger partial charge in [0.2, 0.25) is 5.78 Å². The number of ether oxygens (including phenoxy) is 2. The lowest BCUT2D eigenvalue weighted by Crippen LogP contribution is -2.07. The van der Waals surface area contributed by atoms with Crippen molar-refractivity contribution in [1.29, 1.82) is 0 Å². The van der Waals surface area contributed by atoms with Gasteiger partial charge in [-0.2, -0.15) is 0 Å². The molecule has 0 aliphatic heterocycles. The molecule has 2 aromatic rings. The van der Waals surface area contributed by atoms with Crippen LogP contribution >= 0.6 is 15.9 Å². The van der Waals surface area contributed by atoms with E-state index in [9.17, 15) is 14.9 Å². The van der Waals surface area contributed by atoms with Gasteiger partial charge in [-0.25, -0.2) is 0 Å². The molecule has 0 atom stereocenters. The van der Waals surface area contributed by atoms with Crippen molar-refractivity contribution in [2.45, 2.75) is 0 Å². The lowest BCUT2D eigenvalue weighted by Gasteiger charge is -2.10. The zero-order valence-corrected chi connectivity index (χ0v) is 13.4. The Morgan fingerprint density at radius 2 is 1.68 bits per heavy atom. The van der Waals surface area contributed by atoms with Gasteiger partial charge in [-0.1, -0.05) is 28.1 Å². The minimum Gasteiger partial charge on any atom is -0.493 e. The maximum atomic E-state index is 12.6. The van der Waals surface area contributed by atoms with Gasteiger partial charge in [-0.05, 0) is 12.1 Å². The smallest absolute Gasteiger partial charge is 0.284 e. The van der Waals surface area contributed by atoms with Crippen molar-refractivity contribution in [2.75, 3.05) is 14.2 Å². The van der Waals surface area contributed by atoms with E-state index in [1.807, 2.05) is 0 Å². The van der Waals surface area contributed by atoms with Crippen LogP contribution in [-0.2, 0) is 0 Å². The molecule has 0 heterocycles. The molecule has 2 aromatic carbocycles. The van der Waals surface area contributed by atoms with Crippen LogP contribution in [0.15, 0.2) is 40.9 Å². The summed E-state index contributed by atoms with van der Waals surface area (Å²) in [4.78, 5) is 23.3. The molecule has 0 bridgehead atoms. The molecule has 0 aromatic heterocycles. The fraction of sp³-hybridized carbons (Fsp3) is 0.133. The van der Waals surface area contributed by atoms with Crippen LogP contribution < -0.4 is 9.47 Å². The third-order valence-corrected chi connectivity index (χ3v) is 3.75. The number of carbonyl (C=O) groups is 1. The van der Waals surface area contributed by atoms with Crippen molar-refractivity contribution in [2.24, 2.45) is 0 Å². The minimum atomic E-state index is -0.619. The predicted octanol–water partition coefficient (Wildman–Crippen LogP) is 3.61. The number of hydrogen-bond acceptors (Lipinski definition) is 5.